The maximum Gasteiger partial charge on any atom is 0.223 e. The first-order valence-electron chi connectivity index (χ1n) is 5.43. The Labute approximate surface area is 94.5 Å². The van der Waals surface area contributed by atoms with Gasteiger partial charge in [-0.1, -0.05) is 6.92 Å². The van der Waals surface area contributed by atoms with Crippen molar-refractivity contribution in [1.29, 1.82) is 0 Å². The summed E-state index contributed by atoms with van der Waals surface area (Å²) in [6.07, 6.45) is 0.967. The standard InChI is InChI=1S/C12H16N2O2/c1-7-4-10(7)12(16)14-6-8-5-9(13)2-3-11(8)15/h2-3,5,7,10,15H,4,6,13H2,1H3,(H,14,16). The lowest BCUT2D eigenvalue weighted by molar-refractivity contribution is -0.122. The third-order valence-electron chi connectivity index (χ3n) is 3.00. The zero-order valence-corrected chi connectivity index (χ0v) is 9.23. The molecule has 0 aromatic heterocycles. The predicted octanol–water partition coefficient (Wildman–Crippen LogP) is 1.25. The van der Waals surface area contributed by atoms with Gasteiger partial charge in [0, 0.05) is 23.7 Å². The first-order valence-corrected chi connectivity index (χ1v) is 5.43. The van der Waals surface area contributed by atoms with Gasteiger partial charge in [-0.2, -0.15) is 0 Å². The Balaban J connectivity index is 1.94. The summed E-state index contributed by atoms with van der Waals surface area (Å²) in [6, 6.07) is 4.84. The van der Waals surface area contributed by atoms with Crippen LogP contribution < -0.4 is 11.1 Å². The van der Waals surface area contributed by atoms with Gasteiger partial charge in [0.15, 0.2) is 0 Å². The molecule has 4 nitrogen and oxygen atoms in total. The van der Waals surface area contributed by atoms with Crippen LogP contribution in [0.3, 0.4) is 0 Å². The summed E-state index contributed by atoms with van der Waals surface area (Å²) < 4.78 is 0. The number of nitrogens with two attached hydrogens (primary N) is 1. The van der Waals surface area contributed by atoms with Gasteiger partial charge in [0.2, 0.25) is 5.91 Å². The molecule has 4 heteroatoms. The third-order valence-corrected chi connectivity index (χ3v) is 3.00. The minimum absolute atomic E-state index is 0.0642. The molecule has 0 spiro atoms. The lowest BCUT2D eigenvalue weighted by Gasteiger charge is -2.07. The quantitative estimate of drug-likeness (QED) is 0.530. The zero-order valence-electron chi connectivity index (χ0n) is 9.23. The molecule has 0 radical (unpaired) electrons. The summed E-state index contributed by atoms with van der Waals surface area (Å²) >= 11 is 0. The summed E-state index contributed by atoms with van der Waals surface area (Å²) in [6.45, 7) is 2.39. The average molecular weight is 220 g/mol. The lowest BCUT2D eigenvalue weighted by atomic mass is 10.1. The molecule has 2 rings (SSSR count). The second-order valence-electron chi connectivity index (χ2n) is 4.43. The number of carbonyl (C=O) groups is 1. The van der Waals surface area contributed by atoms with Crippen LogP contribution in [0.4, 0.5) is 5.69 Å². The van der Waals surface area contributed by atoms with Crippen LogP contribution in [0, 0.1) is 11.8 Å². The van der Waals surface area contributed by atoms with E-state index in [-0.39, 0.29) is 17.6 Å². The van der Waals surface area contributed by atoms with Crippen molar-refractivity contribution in [2.45, 2.75) is 19.9 Å². The molecule has 2 unspecified atom stereocenters. The predicted molar refractivity (Wildman–Crippen MR) is 61.6 cm³/mol. The molecular formula is C12H16N2O2. The third kappa shape index (κ3) is 2.27. The highest BCUT2D eigenvalue weighted by atomic mass is 16.3. The molecule has 1 aromatic rings. The Morgan fingerprint density at radius 2 is 2.31 bits per heavy atom. The van der Waals surface area contributed by atoms with Gasteiger partial charge in [0.05, 0.1) is 0 Å². The van der Waals surface area contributed by atoms with E-state index in [1.165, 1.54) is 6.07 Å². The van der Waals surface area contributed by atoms with E-state index >= 15 is 0 Å². The summed E-state index contributed by atoms with van der Waals surface area (Å²) in [5.41, 5.74) is 6.84. The fourth-order valence-corrected chi connectivity index (χ4v) is 1.75. The van der Waals surface area contributed by atoms with Crippen LogP contribution in [-0.2, 0) is 11.3 Å². The van der Waals surface area contributed by atoms with E-state index in [1.807, 2.05) is 0 Å². The Morgan fingerprint density at radius 3 is 2.94 bits per heavy atom. The number of nitrogen functional groups attached to an aromatic ring is 1. The number of amides is 1. The van der Waals surface area contributed by atoms with Crippen LogP contribution in [0.15, 0.2) is 18.2 Å². The van der Waals surface area contributed by atoms with E-state index in [2.05, 4.69) is 12.2 Å². The highest BCUT2D eigenvalue weighted by Gasteiger charge is 2.38. The molecule has 1 aliphatic rings. The number of phenolic OH excluding ortho intramolecular Hbond substituents is 1. The molecule has 2 atom stereocenters. The molecule has 1 fully saturated rings. The maximum atomic E-state index is 11.6. The van der Waals surface area contributed by atoms with Crippen LogP contribution in [0.1, 0.15) is 18.9 Å². The average Bonchev–Trinajstić information content (AvgIpc) is 2.97. The largest absolute Gasteiger partial charge is 0.508 e. The van der Waals surface area contributed by atoms with Crippen molar-refractivity contribution >= 4 is 11.6 Å². The van der Waals surface area contributed by atoms with E-state index in [4.69, 9.17) is 5.73 Å². The van der Waals surface area contributed by atoms with Crippen LogP contribution in [0.5, 0.6) is 5.75 Å². The molecule has 0 heterocycles. The second kappa shape index (κ2) is 4.04. The first-order chi connectivity index (χ1) is 7.58. The van der Waals surface area contributed by atoms with Gasteiger partial charge in [0.1, 0.15) is 5.75 Å². The lowest BCUT2D eigenvalue weighted by Crippen LogP contribution is -2.24. The maximum absolute atomic E-state index is 11.6. The van der Waals surface area contributed by atoms with Crippen molar-refractivity contribution in [1.82, 2.24) is 5.32 Å². The SMILES string of the molecule is CC1CC1C(=O)NCc1cc(N)ccc1O. The van der Waals surface area contributed by atoms with Crippen LogP contribution in [0.25, 0.3) is 0 Å². The molecule has 0 aliphatic heterocycles. The van der Waals surface area contributed by atoms with Crippen molar-refractivity contribution in [3.8, 4) is 5.75 Å². The summed E-state index contributed by atoms with van der Waals surface area (Å²) in [5, 5.41) is 12.4. The van der Waals surface area contributed by atoms with Gasteiger partial charge in [-0.3, -0.25) is 4.79 Å². The van der Waals surface area contributed by atoms with Crippen molar-refractivity contribution in [2.24, 2.45) is 11.8 Å². The summed E-state index contributed by atoms with van der Waals surface area (Å²) in [7, 11) is 0. The van der Waals surface area contributed by atoms with Gasteiger partial charge in [-0.15, -0.1) is 0 Å². The number of phenols is 1. The Kier molecular flexibility index (Phi) is 2.73. The normalized spacial score (nSPS) is 22.8. The van der Waals surface area contributed by atoms with E-state index in [0.717, 1.165) is 6.42 Å². The number of carbonyl (C=O) groups excluding carboxylic acids is 1. The number of rotatable bonds is 3. The minimum Gasteiger partial charge on any atom is -0.508 e. The van der Waals surface area contributed by atoms with Gasteiger partial charge < -0.3 is 16.2 Å². The van der Waals surface area contributed by atoms with Crippen LogP contribution in [0.2, 0.25) is 0 Å². The zero-order chi connectivity index (χ0) is 11.7. The Hall–Kier alpha value is -1.71. The number of anilines is 1. The monoisotopic (exact) mass is 220 g/mol. The molecule has 4 N–H and O–H groups in total. The van der Waals surface area contributed by atoms with Crippen LogP contribution in [-0.4, -0.2) is 11.0 Å². The smallest absolute Gasteiger partial charge is 0.223 e. The van der Waals surface area contributed by atoms with Crippen molar-refractivity contribution < 1.29 is 9.90 Å². The highest BCUT2D eigenvalue weighted by Crippen LogP contribution is 2.37. The number of benzene rings is 1. The van der Waals surface area contributed by atoms with E-state index in [1.54, 1.807) is 12.1 Å². The van der Waals surface area contributed by atoms with Crippen molar-refractivity contribution in [3.05, 3.63) is 23.8 Å². The minimum atomic E-state index is 0.0642. The first kappa shape index (κ1) is 10.8. The van der Waals surface area contributed by atoms with Gasteiger partial charge in [0.25, 0.3) is 0 Å². The number of nitrogens with one attached hydrogen (secondary N) is 1. The van der Waals surface area contributed by atoms with E-state index in [9.17, 15) is 9.90 Å². The number of hydrogen-bond acceptors (Lipinski definition) is 3. The number of aromatic hydroxyl groups is 1. The highest BCUT2D eigenvalue weighted by molar-refractivity contribution is 5.81. The fraction of sp³-hybridized carbons (Fsp3) is 0.417. The topological polar surface area (TPSA) is 75.4 Å². The Bertz CT molecular complexity index is 417. The fourth-order valence-electron chi connectivity index (χ4n) is 1.75. The molecule has 1 saturated carbocycles. The van der Waals surface area contributed by atoms with Gasteiger partial charge in [-0.25, -0.2) is 0 Å². The molecule has 0 saturated heterocycles. The van der Waals surface area contributed by atoms with Crippen molar-refractivity contribution in [2.75, 3.05) is 5.73 Å². The van der Waals surface area contributed by atoms with E-state index < -0.39 is 0 Å². The molecule has 1 aliphatic carbocycles. The van der Waals surface area contributed by atoms with E-state index in [0.29, 0.717) is 23.7 Å². The second-order valence-corrected chi connectivity index (χ2v) is 4.43. The molecular weight excluding hydrogens is 204 g/mol. The van der Waals surface area contributed by atoms with Gasteiger partial charge >= 0.3 is 0 Å². The van der Waals surface area contributed by atoms with Crippen LogP contribution >= 0.6 is 0 Å². The molecule has 0 bridgehead atoms. The Morgan fingerprint density at radius 1 is 1.62 bits per heavy atom. The molecule has 1 amide bonds. The number of hydrogen-bond donors (Lipinski definition) is 3. The molecule has 86 valence electrons. The molecule has 1 aromatic carbocycles. The van der Waals surface area contributed by atoms with Crippen molar-refractivity contribution in [3.63, 3.8) is 0 Å². The molecule has 16 heavy (non-hydrogen) atoms. The summed E-state index contributed by atoms with van der Waals surface area (Å²) in [5.74, 6) is 0.880. The summed E-state index contributed by atoms with van der Waals surface area (Å²) in [4.78, 5) is 11.6. The van der Waals surface area contributed by atoms with Gasteiger partial charge in [-0.05, 0) is 30.5 Å².